The predicted molar refractivity (Wildman–Crippen MR) is 81.3 cm³/mol. The number of halogens is 1. The molecule has 19 heavy (non-hydrogen) atoms. The Morgan fingerprint density at radius 1 is 1.05 bits per heavy atom. The van der Waals surface area contributed by atoms with E-state index in [0.29, 0.717) is 0 Å². The fourth-order valence-electron chi connectivity index (χ4n) is 2.05. The Labute approximate surface area is 119 Å². The van der Waals surface area contributed by atoms with Gasteiger partial charge in [-0.3, -0.25) is 0 Å². The maximum Gasteiger partial charge on any atom is 0.123 e. The third-order valence-corrected chi connectivity index (χ3v) is 3.48. The number of rotatable bonds is 5. The van der Waals surface area contributed by atoms with Gasteiger partial charge in [-0.05, 0) is 18.2 Å². The fraction of sp³-hybridized carbons (Fsp3) is 0.250. The van der Waals surface area contributed by atoms with Crippen LogP contribution in [0.4, 0.5) is 5.69 Å². The van der Waals surface area contributed by atoms with Gasteiger partial charge in [0, 0.05) is 24.8 Å². The number of anilines is 1. The highest BCUT2D eigenvalue weighted by molar-refractivity contribution is 6.21. The highest BCUT2D eigenvalue weighted by Gasteiger charge is 2.15. The largest absolute Gasteiger partial charge is 0.496 e. The SMILES string of the molecule is COc1ccccc1C(Cl)CN(C)c1ccccc1. The topological polar surface area (TPSA) is 12.5 Å². The van der Waals surface area contributed by atoms with Crippen LogP contribution in [0.15, 0.2) is 54.6 Å². The third-order valence-electron chi connectivity index (χ3n) is 3.11. The number of methoxy groups -OCH3 is 1. The van der Waals surface area contributed by atoms with Crippen LogP contribution in [-0.2, 0) is 0 Å². The molecular formula is C16H18ClNO. The van der Waals surface area contributed by atoms with E-state index < -0.39 is 0 Å². The normalized spacial score (nSPS) is 11.9. The first-order chi connectivity index (χ1) is 9.22. The minimum atomic E-state index is -0.110. The van der Waals surface area contributed by atoms with Crippen molar-refractivity contribution in [2.45, 2.75) is 5.38 Å². The van der Waals surface area contributed by atoms with E-state index in [9.17, 15) is 0 Å². The molecule has 0 aromatic heterocycles. The number of para-hydroxylation sites is 2. The second-order valence-electron chi connectivity index (χ2n) is 4.43. The van der Waals surface area contributed by atoms with E-state index in [1.54, 1.807) is 7.11 Å². The van der Waals surface area contributed by atoms with Crippen LogP contribution < -0.4 is 9.64 Å². The molecule has 2 nitrogen and oxygen atoms in total. The number of alkyl halides is 1. The van der Waals surface area contributed by atoms with Gasteiger partial charge in [-0.1, -0.05) is 36.4 Å². The van der Waals surface area contributed by atoms with Gasteiger partial charge >= 0.3 is 0 Å². The van der Waals surface area contributed by atoms with Gasteiger partial charge in [0.1, 0.15) is 5.75 Å². The second kappa shape index (κ2) is 6.48. The van der Waals surface area contributed by atoms with E-state index in [1.807, 2.05) is 49.5 Å². The summed E-state index contributed by atoms with van der Waals surface area (Å²) in [6.07, 6.45) is 0. The molecule has 0 radical (unpaired) electrons. The molecule has 1 atom stereocenters. The van der Waals surface area contributed by atoms with Gasteiger partial charge in [0.2, 0.25) is 0 Å². The zero-order valence-electron chi connectivity index (χ0n) is 11.2. The van der Waals surface area contributed by atoms with Crippen LogP contribution in [0.3, 0.4) is 0 Å². The van der Waals surface area contributed by atoms with E-state index in [-0.39, 0.29) is 5.38 Å². The first-order valence-corrected chi connectivity index (χ1v) is 6.69. The molecule has 0 spiro atoms. The maximum atomic E-state index is 6.51. The molecule has 2 aromatic rings. The molecule has 0 amide bonds. The molecule has 0 heterocycles. The summed E-state index contributed by atoms with van der Waals surface area (Å²) < 4.78 is 5.35. The van der Waals surface area contributed by atoms with Crippen LogP contribution >= 0.6 is 11.6 Å². The summed E-state index contributed by atoms with van der Waals surface area (Å²) in [6.45, 7) is 0.728. The van der Waals surface area contributed by atoms with Crippen LogP contribution in [0.2, 0.25) is 0 Å². The van der Waals surface area contributed by atoms with Crippen molar-refractivity contribution >= 4 is 17.3 Å². The molecule has 0 N–H and O–H groups in total. The number of hydrogen-bond acceptors (Lipinski definition) is 2. The van der Waals surface area contributed by atoms with Gasteiger partial charge in [0.15, 0.2) is 0 Å². The predicted octanol–water partition coefficient (Wildman–Crippen LogP) is 4.11. The summed E-state index contributed by atoms with van der Waals surface area (Å²) in [4.78, 5) is 2.14. The summed E-state index contributed by atoms with van der Waals surface area (Å²) in [6, 6.07) is 18.1. The smallest absolute Gasteiger partial charge is 0.123 e. The Morgan fingerprint density at radius 2 is 1.68 bits per heavy atom. The Bertz CT molecular complexity index is 515. The lowest BCUT2D eigenvalue weighted by molar-refractivity contribution is 0.409. The Morgan fingerprint density at radius 3 is 2.37 bits per heavy atom. The number of benzene rings is 2. The van der Waals surface area contributed by atoms with E-state index in [0.717, 1.165) is 23.5 Å². The van der Waals surface area contributed by atoms with Gasteiger partial charge in [-0.15, -0.1) is 11.6 Å². The van der Waals surface area contributed by atoms with Gasteiger partial charge in [-0.2, -0.15) is 0 Å². The number of likely N-dealkylation sites (N-methyl/N-ethyl adjacent to an activating group) is 1. The average Bonchev–Trinajstić information content (AvgIpc) is 2.48. The highest BCUT2D eigenvalue weighted by Crippen LogP contribution is 2.30. The van der Waals surface area contributed by atoms with E-state index in [1.165, 1.54) is 0 Å². The number of ether oxygens (including phenoxy) is 1. The van der Waals surface area contributed by atoms with Crippen LogP contribution in [0, 0.1) is 0 Å². The summed E-state index contributed by atoms with van der Waals surface area (Å²) in [7, 11) is 3.71. The lowest BCUT2D eigenvalue weighted by Gasteiger charge is -2.23. The third kappa shape index (κ3) is 3.42. The molecule has 0 aliphatic carbocycles. The summed E-state index contributed by atoms with van der Waals surface area (Å²) in [5.41, 5.74) is 2.18. The van der Waals surface area contributed by atoms with Crippen molar-refractivity contribution in [3.63, 3.8) is 0 Å². The Balaban J connectivity index is 2.11. The van der Waals surface area contributed by atoms with Crippen molar-refractivity contribution in [1.29, 1.82) is 0 Å². The van der Waals surface area contributed by atoms with E-state index in [2.05, 4.69) is 17.0 Å². The maximum absolute atomic E-state index is 6.51. The second-order valence-corrected chi connectivity index (χ2v) is 4.95. The molecule has 2 rings (SSSR count). The summed E-state index contributed by atoms with van der Waals surface area (Å²) in [5, 5.41) is -0.110. The van der Waals surface area contributed by atoms with Gasteiger partial charge in [-0.25, -0.2) is 0 Å². The molecule has 1 unspecified atom stereocenters. The molecule has 0 fully saturated rings. The first-order valence-electron chi connectivity index (χ1n) is 6.25. The zero-order chi connectivity index (χ0) is 13.7. The van der Waals surface area contributed by atoms with E-state index in [4.69, 9.17) is 16.3 Å². The lowest BCUT2D eigenvalue weighted by Crippen LogP contribution is -2.22. The quantitative estimate of drug-likeness (QED) is 0.762. The fourth-order valence-corrected chi connectivity index (χ4v) is 2.44. The molecule has 3 heteroatoms. The number of nitrogens with zero attached hydrogens (tertiary/aromatic N) is 1. The van der Waals surface area contributed by atoms with Crippen LogP contribution in [-0.4, -0.2) is 20.7 Å². The summed E-state index contributed by atoms with van der Waals surface area (Å²) in [5.74, 6) is 0.837. The van der Waals surface area contributed by atoms with Crippen molar-refractivity contribution in [3.8, 4) is 5.75 Å². The van der Waals surface area contributed by atoms with Gasteiger partial charge in [0.05, 0.1) is 12.5 Å². The standard InChI is InChI=1S/C16H18ClNO/c1-18(13-8-4-3-5-9-13)12-15(17)14-10-6-7-11-16(14)19-2/h3-11,15H,12H2,1-2H3. The van der Waals surface area contributed by atoms with E-state index >= 15 is 0 Å². The van der Waals surface area contributed by atoms with Crippen molar-refractivity contribution < 1.29 is 4.74 Å². The average molecular weight is 276 g/mol. The molecule has 0 aliphatic rings. The zero-order valence-corrected chi connectivity index (χ0v) is 12.0. The van der Waals surface area contributed by atoms with Crippen molar-refractivity contribution in [2.24, 2.45) is 0 Å². The molecular weight excluding hydrogens is 258 g/mol. The number of hydrogen-bond donors (Lipinski definition) is 0. The molecule has 0 bridgehead atoms. The van der Waals surface area contributed by atoms with Crippen LogP contribution in [0.25, 0.3) is 0 Å². The molecule has 0 saturated carbocycles. The Kier molecular flexibility index (Phi) is 4.69. The lowest BCUT2D eigenvalue weighted by atomic mass is 10.1. The molecule has 100 valence electrons. The van der Waals surface area contributed by atoms with Crippen LogP contribution in [0.5, 0.6) is 5.75 Å². The monoisotopic (exact) mass is 275 g/mol. The van der Waals surface area contributed by atoms with Gasteiger partial charge in [0.25, 0.3) is 0 Å². The molecule has 0 aliphatic heterocycles. The minimum absolute atomic E-state index is 0.110. The van der Waals surface area contributed by atoms with Gasteiger partial charge < -0.3 is 9.64 Å². The first kappa shape index (κ1) is 13.8. The summed E-state index contributed by atoms with van der Waals surface area (Å²) >= 11 is 6.51. The highest BCUT2D eigenvalue weighted by atomic mass is 35.5. The molecule has 2 aromatic carbocycles. The van der Waals surface area contributed by atoms with Crippen LogP contribution in [0.1, 0.15) is 10.9 Å². The molecule has 0 saturated heterocycles. The van der Waals surface area contributed by atoms with Crippen molar-refractivity contribution in [2.75, 3.05) is 25.6 Å². The van der Waals surface area contributed by atoms with Crippen molar-refractivity contribution in [3.05, 3.63) is 60.2 Å². The van der Waals surface area contributed by atoms with Crippen molar-refractivity contribution in [1.82, 2.24) is 0 Å². The Hall–Kier alpha value is -1.67. The minimum Gasteiger partial charge on any atom is -0.496 e.